The molecule has 2 unspecified atom stereocenters. The van der Waals surface area contributed by atoms with Crippen LogP contribution in [0.2, 0.25) is 5.02 Å². The Morgan fingerprint density at radius 1 is 1.19 bits per heavy atom. The zero-order valence-corrected chi connectivity index (χ0v) is 18.2. The third kappa shape index (κ3) is 5.17. The third-order valence-corrected chi connectivity index (χ3v) is 5.09. The molecule has 0 saturated heterocycles. The Morgan fingerprint density at radius 2 is 1.94 bits per heavy atom. The number of hydrogen-bond acceptors (Lipinski definition) is 7. The number of amides is 1. The van der Waals surface area contributed by atoms with E-state index in [0.29, 0.717) is 22.7 Å². The van der Waals surface area contributed by atoms with Crippen molar-refractivity contribution in [2.45, 2.75) is 26.2 Å². The molecule has 2 atom stereocenters. The lowest BCUT2D eigenvalue weighted by atomic mass is 9.78. The maximum Gasteiger partial charge on any atom is 0.315 e. The summed E-state index contributed by atoms with van der Waals surface area (Å²) >= 11 is 6.16. The van der Waals surface area contributed by atoms with Gasteiger partial charge in [-0.25, -0.2) is 0 Å². The quantitative estimate of drug-likeness (QED) is 0.376. The Kier molecular flexibility index (Phi) is 7.32. The van der Waals surface area contributed by atoms with E-state index in [0.717, 1.165) is 0 Å². The van der Waals surface area contributed by atoms with Gasteiger partial charge in [0.2, 0.25) is 0 Å². The van der Waals surface area contributed by atoms with Crippen molar-refractivity contribution < 1.29 is 19.2 Å². The molecule has 1 heterocycles. The molecule has 2 aromatic carbocycles. The average Bonchev–Trinajstić information content (AvgIpc) is 2.77. The monoisotopic (exact) mass is 456 g/mol. The van der Waals surface area contributed by atoms with Gasteiger partial charge in [-0.15, -0.1) is 5.10 Å². The Hall–Kier alpha value is -3.59. The van der Waals surface area contributed by atoms with Gasteiger partial charge in [-0.1, -0.05) is 36.7 Å². The molecule has 3 rings (SSSR count). The van der Waals surface area contributed by atoms with E-state index in [1.54, 1.807) is 31.2 Å². The summed E-state index contributed by atoms with van der Waals surface area (Å²) in [6.07, 6.45) is 0.644. The number of nitro groups is 1. The minimum atomic E-state index is -0.872. The highest BCUT2D eigenvalue weighted by atomic mass is 35.5. The summed E-state index contributed by atoms with van der Waals surface area (Å²) in [6, 6.07) is 12.3. The van der Waals surface area contributed by atoms with E-state index in [9.17, 15) is 19.7 Å². The number of carbonyl (C=O) groups is 2. The maximum atomic E-state index is 13.1. The Labute approximate surface area is 189 Å². The second kappa shape index (κ2) is 10.1. The lowest BCUT2D eigenvalue weighted by Gasteiger charge is -2.29. The van der Waals surface area contributed by atoms with E-state index in [1.807, 2.05) is 6.92 Å². The predicted molar refractivity (Wildman–Crippen MR) is 121 cm³/mol. The largest absolute Gasteiger partial charge is 0.465 e. The number of rotatable bonds is 7. The Bertz CT molecular complexity index is 1120. The smallest absolute Gasteiger partial charge is 0.315 e. The van der Waals surface area contributed by atoms with Crippen LogP contribution in [0.5, 0.6) is 0 Å². The van der Waals surface area contributed by atoms with E-state index in [2.05, 4.69) is 15.5 Å². The van der Waals surface area contributed by atoms with Gasteiger partial charge in [0.1, 0.15) is 11.6 Å². The second-order valence-corrected chi connectivity index (χ2v) is 7.60. The van der Waals surface area contributed by atoms with Crippen LogP contribution in [0.25, 0.3) is 0 Å². The lowest BCUT2D eigenvalue weighted by molar-refractivity contribution is -0.384. The number of non-ortho nitro benzene ring substituents is 1. The molecular weight excluding hydrogens is 436 g/mol. The zero-order valence-electron chi connectivity index (χ0n) is 17.4. The van der Waals surface area contributed by atoms with Gasteiger partial charge in [0.15, 0.2) is 0 Å². The van der Waals surface area contributed by atoms with Gasteiger partial charge in [-0.05, 0) is 37.1 Å². The van der Waals surface area contributed by atoms with Crippen LogP contribution >= 0.6 is 11.6 Å². The van der Waals surface area contributed by atoms with Crippen molar-refractivity contribution in [2.75, 3.05) is 11.9 Å². The van der Waals surface area contributed by atoms with E-state index in [1.165, 1.54) is 24.3 Å². The van der Waals surface area contributed by atoms with Gasteiger partial charge in [0, 0.05) is 22.8 Å². The molecule has 32 heavy (non-hydrogen) atoms. The third-order valence-electron chi connectivity index (χ3n) is 4.85. The van der Waals surface area contributed by atoms with E-state index < -0.39 is 28.6 Å². The van der Waals surface area contributed by atoms with Gasteiger partial charge >= 0.3 is 5.97 Å². The first kappa shape index (κ1) is 23.1. The number of carbonyl (C=O) groups excluding carboxylic acids is 2. The molecule has 1 aliphatic rings. The average molecular weight is 457 g/mol. The van der Waals surface area contributed by atoms with E-state index in [-0.39, 0.29) is 23.7 Å². The Balaban J connectivity index is 1.99. The van der Waals surface area contributed by atoms with Gasteiger partial charge < -0.3 is 10.1 Å². The van der Waals surface area contributed by atoms with Crippen LogP contribution in [0, 0.1) is 16.0 Å². The fourth-order valence-corrected chi connectivity index (χ4v) is 3.58. The number of halogens is 1. The summed E-state index contributed by atoms with van der Waals surface area (Å²) in [6.45, 7) is 3.76. The molecule has 0 aliphatic carbocycles. The molecule has 0 bridgehead atoms. The van der Waals surface area contributed by atoms with Gasteiger partial charge in [-0.3, -0.25) is 19.7 Å². The molecule has 0 fully saturated rings. The number of benzene rings is 2. The van der Waals surface area contributed by atoms with Crippen LogP contribution in [0.3, 0.4) is 0 Å². The summed E-state index contributed by atoms with van der Waals surface area (Å²) in [4.78, 5) is 36.5. The van der Waals surface area contributed by atoms with Crippen molar-refractivity contribution in [3.8, 4) is 0 Å². The number of hydrogen-bond donors (Lipinski definition) is 1. The number of anilines is 1. The minimum Gasteiger partial charge on any atom is -0.465 e. The fourth-order valence-electron chi connectivity index (χ4n) is 3.38. The molecular formula is C22H21ClN4O5. The van der Waals surface area contributed by atoms with Crippen molar-refractivity contribution in [1.29, 1.82) is 0 Å². The van der Waals surface area contributed by atoms with E-state index >= 15 is 0 Å². The number of nitrogens with zero attached hydrogens (tertiary/aromatic N) is 3. The number of ether oxygens (including phenoxy) is 1. The molecule has 0 spiro atoms. The normalized spacial score (nSPS) is 17.7. The van der Waals surface area contributed by atoms with Crippen LogP contribution in [-0.2, 0) is 14.3 Å². The first-order chi connectivity index (χ1) is 15.3. The predicted octanol–water partition coefficient (Wildman–Crippen LogP) is 4.37. The first-order valence-corrected chi connectivity index (χ1v) is 10.3. The zero-order chi connectivity index (χ0) is 23.3. The number of nitrogens with one attached hydrogen (secondary N) is 1. The lowest BCUT2D eigenvalue weighted by Crippen LogP contribution is -2.41. The number of esters is 1. The highest BCUT2D eigenvalue weighted by Crippen LogP contribution is 2.34. The highest BCUT2D eigenvalue weighted by molar-refractivity contribution is 6.46. The molecule has 1 N–H and O–H groups in total. The summed E-state index contributed by atoms with van der Waals surface area (Å²) in [5, 5.41) is 22.2. The topological polar surface area (TPSA) is 123 Å². The molecule has 0 aromatic heterocycles. The summed E-state index contributed by atoms with van der Waals surface area (Å²) in [5.74, 6) is -2.83. The molecule has 166 valence electrons. The maximum absolute atomic E-state index is 13.1. The first-order valence-electron chi connectivity index (χ1n) is 9.91. The molecule has 0 saturated carbocycles. The highest BCUT2D eigenvalue weighted by Gasteiger charge is 2.42. The molecule has 10 heteroatoms. The van der Waals surface area contributed by atoms with E-state index in [4.69, 9.17) is 16.3 Å². The standard InChI is InChI=1S/C22H21ClN4O5/c1-3-10-32-22(29)18-13(2)25-26-20(19(18)14-6-4-7-15(23)11-14)21(28)24-16-8-5-9-17(12-16)27(30)31/h4-9,11-12,18-19H,3,10H2,1-2H3,(H,24,28). The van der Waals surface area contributed by atoms with Gasteiger partial charge in [0.25, 0.3) is 11.6 Å². The van der Waals surface area contributed by atoms with Crippen molar-refractivity contribution >= 4 is 46.3 Å². The van der Waals surface area contributed by atoms with Gasteiger partial charge in [-0.2, -0.15) is 5.10 Å². The summed E-state index contributed by atoms with van der Waals surface area (Å²) < 4.78 is 5.36. The second-order valence-electron chi connectivity index (χ2n) is 7.17. The fraction of sp³-hybridized carbons (Fsp3) is 0.273. The van der Waals surface area contributed by atoms with Crippen LogP contribution in [0.4, 0.5) is 11.4 Å². The number of nitro benzene ring substituents is 1. The van der Waals surface area contributed by atoms with Crippen LogP contribution < -0.4 is 5.32 Å². The van der Waals surface area contributed by atoms with Gasteiger partial charge in [0.05, 0.1) is 23.2 Å². The van der Waals surface area contributed by atoms with Crippen molar-refractivity contribution in [3.05, 3.63) is 69.2 Å². The van der Waals surface area contributed by atoms with Crippen LogP contribution in [0.15, 0.2) is 58.7 Å². The molecule has 9 nitrogen and oxygen atoms in total. The SMILES string of the molecule is CCCOC(=O)C1C(C)=NN=C(C(=O)Nc2cccc([N+](=O)[O-])c2)C1c1cccc(Cl)c1. The van der Waals surface area contributed by atoms with Crippen molar-refractivity contribution in [2.24, 2.45) is 16.1 Å². The van der Waals surface area contributed by atoms with Crippen molar-refractivity contribution in [1.82, 2.24) is 0 Å². The van der Waals surface area contributed by atoms with Crippen molar-refractivity contribution in [3.63, 3.8) is 0 Å². The minimum absolute atomic E-state index is 0.0252. The molecule has 2 aromatic rings. The molecule has 0 radical (unpaired) electrons. The summed E-state index contributed by atoms with van der Waals surface area (Å²) in [7, 11) is 0. The molecule has 1 aliphatic heterocycles. The Morgan fingerprint density at radius 3 is 2.62 bits per heavy atom. The van der Waals surface area contributed by atoms with Crippen LogP contribution in [0.1, 0.15) is 31.7 Å². The van der Waals surface area contributed by atoms with Crippen LogP contribution in [-0.4, -0.2) is 34.8 Å². The summed E-state index contributed by atoms with van der Waals surface area (Å²) in [5.41, 5.74) is 1.02. The molecule has 1 amide bonds.